The van der Waals surface area contributed by atoms with Gasteiger partial charge in [-0.3, -0.25) is 9.59 Å². The van der Waals surface area contributed by atoms with Crippen LogP contribution in [0.2, 0.25) is 0 Å². The molecule has 0 aromatic carbocycles. The molecule has 0 aliphatic heterocycles. The molecule has 1 unspecified atom stereocenters. The van der Waals surface area contributed by atoms with Crippen molar-refractivity contribution in [3.8, 4) is 0 Å². The lowest BCUT2D eigenvalue weighted by Crippen LogP contribution is -2.41. The molecule has 0 radical (unpaired) electrons. The normalized spacial score (nSPS) is 44.2. The summed E-state index contributed by atoms with van der Waals surface area (Å²) in [6, 6.07) is 0.569. The van der Waals surface area contributed by atoms with Gasteiger partial charge in [0, 0.05) is 30.7 Å². The number of nitrogens with zero attached hydrogens (tertiary/aromatic N) is 1. The molecule has 5 nitrogen and oxygen atoms in total. The summed E-state index contributed by atoms with van der Waals surface area (Å²) in [5.74, 6) is 10.4. The molecule has 0 spiro atoms. The predicted octanol–water partition coefficient (Wildman–Crippen LogP) is 9.57. The first-order chi connectivity index (χ1) is 24.0. The average molecular weight is 667 g/mol. The van der Waals surface area contributed by atoms with E-state index in [1.165, 1.54) is 70.6 Å². The Balaban J connectivity index is 0.0000000999. The van der Waals surface area contributed by atoms with Crippen LogP contribution in [0, 0.1) is 71.0 Å². The molecule has 5 heteroatoms. The quantitative estimate of drug-likeness (QED) is 0.153. The van der Waals surface area contributed by atoms with E-state index in [0.29, 0.717) is 35.5 Å². The Morgan fingerprint density at radius 1 is 0.633 bits per heavy atom. The lowest BCUT2D eigenvalue weighted by Gasteiger charge is -2.39. The highest BCUT2D eigenvalue weighted by Gasteiger charge is 2.51. The van der Waals surface area contributed by atoms with E-state index in [1.54, 1.807) is 6.08 Å². The van der Waals surface area contributed by atoms with Crippen LogP contribution >= 0.6 is 0 Å². The van der Waals surface area contributed by atoms with Gasteiger partial charge in [0.05, 0.1) is 5.71 Å². The Hall–Kier alpha value is -2.53. The number of carbonyl (C=O) groups is 2. The molecule has 266 valence electrons. The number of rotatable bonds is 0. The number of allylic oxidation sites excluding steroid dienone is 10. The average Bonchev–Trinajstić information content (AvgIpc) is 4.00. The zero-order valence-electron chi connectivity index (χ0n) is 29.8. The van der Waals surface area contributed by atoms with Crippen LogP contribution < -0.4 is 5.73 Å². The van der Waals surface area contributed by atoms with Crippen molar-refractivity contribution in [1.29, 1.82) is 0 Å². The van der Waals surface area contributed by atoms with Crippen molar-refractivity contribution in [3.63, 3.8) is 0 Å². The van der Waals surface area contributed by atoms with Gasteiger partial charge in [-0.2, -0.15) is 0 Å². The van der Waals surface area contributed by atoms with Crippen LogP contribution in [0.1, 0.15) is 116 Å². The summed E-state index contributed by atoms with van der Waals surface area (Å²) in [4.78, 5) is 22.0. The number of carbonyl (C=O) groups excluding carboxylic acids is 2. The van der Waals surface area contributed by atoms with Crippen molar-refractivity contribution in [1.82, 2.24) is 0 Å². The van der Waals surface area contributed by atoms with Crippen molar-refractivity contribution < 1.29 is 14.8 Å². The molecule has 0 heterocycles. The van der Waals surface area contributed by atoms with Gasteiger partial charge in [-0.05, 0) is 162 Å². The highest BCUT2D eigenvalue weighted by atomic mass is 16.4. The third-order valence-corrected chi connectivity index (χ3v) is 14.5. The molecule has 11 rings (SSSR count). The van der Waals surface area contributed by atoms with Gasteiger partial charge < -0.3 is 10.9 Å². The van der Waals surface area contributed by atoms with Gasteiger partial charge in [0.25, 0.3) is 0 Å². The van der Waals surface area contributed by atoms with Gasteiger partial charge in [-0.15, -0.1) is 0 Å². The molecule has 7 saturated carbocycles. The largest absolute Gasteiger partial charge is 0.411 e. The Bertz CT molecular complexity index is 1350. The van der Waals surface area contributed by atoms with E-state index in [-0.39, 0.29) is 5.78 Å². The smallest absolute Gasteiger partial charge is 0.155 e. The van der Waals surface area contributed by atoms with Crippen molar-refractivity contribution in [3.05, 3.63) is 60.8 Å². The fraction of sp³-hybridized carbons (Fsp3) is 0.705. The minimum absolute atomic E-state index is 0.284. The molecule has 13 atom stereocenters. The second kappa shape index (κ2) is 16.2. The second-order valence-electron chi connectivity index (χ2n) is 17.1. The van der Waals surface area contributed by atoms with Crippen molar-refractivity contribution in [2.24, 2.45) is 81.9 Å². The van der Waals surface area contributed by atoms with Crippen LogP contribution in [-0.4, -0.2) is 28.5 Å². The molecule has 0 aromatic rings. The first-order valence-corrected chi connectivity index (χ1v) is 20.4. The Morgan fingerprint density at radius 3 is 1.88 bits per heavy atom. The van der Waals surface area contributed by atoms with Crippen molar-refractivity contribution >= 4 is 17.3 Å². The van der Waals surface area contributed by atoms with Gasteiger partial charge in [0.2, 0.25) is 0 Å². The molecular formula is C44H62N2O3. The first kappa shape index (κ1) is 34.9. The van der Waals surface area contributed by atoms with Gasteiger partial charge >= 0.3 is 0 Å². The van der Waals surface area contributed by atoms with Gasteiger partial charge in [0.1, 0.15) is 5.78 Å². The van der Waals surface area contributed by atoms with Gasteiger partial charge in [0.15, 0.2) is 5.78 Å². The van der Waals surface area contributed by atoms with Crippen LogP contribution in [0.4, 0.5) is 0 Å². The number of ketones is 2. The molecule has 0 aromatic heterocycles. The lowest BCUT2D eigenvalue weighted by molar-refractivity contribution is -0.127. The van der Waals surface area contributed by atoms with E-state index in [4.69, 9.17) is 10.9 Å². The summed E-state index contributed by atoms with van der Waals surface area (Å²) in [5, 5.41) is 12.4. The van der Waals surface area contributed by atoms with E-state index in [1.807, 2.05) is 6.08 Å². The Morgan fingerprint density at radius 2 is 1.29 bits per heavy atom. The number of hydrogen-bond donors (Lipinski definition) is 2. The highest BCUT2D eigenvalue weighted by Crippen LogP contribution is 2.57. The van der Waals surface area contributed by atoms with Gasteiger partial charge in [-0.25, -0.2) is 0 Å². The molecule has 3 N–H and O–H groups in total. The summed E-state index contributed by atoms with van der Waals surface area (Å²) < 4.78 is 0. The van der Waals surface area contributed by atoms with E-state index in [9.17, 15) is 9.59 Å². The summed E-state index contributed by atoms with van der Waals surface area (Å²) >= 11 is 0. The molecule has 11 aliphatic carbocycles. The minimum Gasteiger partial charge on any atom is -0.411 e. The number of hydrogen-bond acceptors (Lipinski definition) is 5. The summed E-state index contributed by atoms with van der Waals surface area (Å²) in [6.07, 6.45) is 43.6. The maximum atomic E-state index is 11.6. The van der Waals surface area contributed by atoms with E-state index < -0.39 is 0 Å². The zero-order chi connectivity index (χ0) is 33.7. The Labute approximate surface area is 295 Å². The van der Waals surface area contributed by atoms with Crippen LogP contribution in [0.25, 0.3) is 0 Å². The lowest BCUT2D eigenvalue weighted by atomic mass is 9.69. The summed E-state index contributed by atoms with van der Waals surface area (Å²) in [5.41, 5.74) is 7.28. The van der Waals surface area contributed by atoms with Crippen molar-refractivity contribution in [2.45, 2.75) is 122 Å². The van der Waals surface area contributed by atoms with E-state index in [2.05, 4.69) is 53.8 Å². The maximum absolute atomic E-state index is 11.6. The molecule has 7 fully saturated rings. The van der Waals surface area contributed by atoms with Crippen LogP contribution in [0.5, 0.6) is 0 Å². The fourth-order valence-corrected chi connectivity index (χ4v) is 12.5. The molecule has 11 aliphatic rings. The number of nitrogens with two attached hydrogens (primary N) is 1. The summed E-state index contributed by atoms with van der Waals surface area (Å²) in [7, 11) is 0. The van der Waals surface area contributed by atoms with E-state index in [0.717, 1.165) is 98.0 Å². The first-order valence-electron chi connectivity index (χ1n) is 20.4. The number of fused-ring (bicyclic) bond motifs is 15. The Kier molecular flexibility index (Phi) is 11.5. The number of Topliss-reactive ketones (excluding diaryl/α,β-unsaturated/α-hetero) is 1. The molecular weight excluding hydrogens is 604 g/mol. The SMILES string of the molecule is C1=CCC=C1.NC1CCC[C@H]2[C@H]3CC[C@H](C3)[C@@H]12.O/N=C1\CCC[C@@H]2[C@H]1[C@@H]1C=C[C@H]2C1.O=C1C=CCCC1.O=C1CCC[C@@H]2[C@H]1[C@@H]1C=C[C@H]2C1. The second-order valence-corrected chi connectivity index (χ2v) is 17.1. The summed E-state index contributed by atoms with van der Waals surface area (Å²) in [6.45, 7) is 0. The third kappa shape index (κ3) is 7.72. The number of oxime groups is 1. The van der Waals surface area contributed by atoms with Crippen LogP contribution in [-0.2, 0) is 9.59 Å². The third-order valence-electron chi connectivity index (χ3n) is 14.5. The van der Waals surface area contributed by atoms with Crippen LogP contribution in [0.3, 0.4) is 0 Å². The standard InChI is InChI=1S/C11H15NO.C11H19N.C11H14O.C6H8O.C5H6/c13-12-10-3-1-2-9-7-4-5-8(6-7)11(9)10;2*12-10-3-1-2-9-7-4-5-8(6-7)11(9)10;7-6-4-2-1-3-5-6;1-2-4-5-3-1/h4-5,7-9,11,13H,1-3,6H2;7-11H,1-6,12H2;4-5,7-9,11H,1-3,6H2;2,4H,1,3,5H2;1-4H,5H2/b12-10+;;;;/t7-,8+,9-,11+;7-,8+,9-,10?,11+;7-,8+,9-,11+;;/m000../s1. The molecule has 0 saturated heterocycles. The van der Waals surface area contributed by atoms with E-state index >= 15 is 0 Å². The fourth-order valence-electron chi connectivity index (χ4n) is 12.5. The highest BCUT2D eigenvalue weighted by molar-refractivity contribution is 5.90. The monoisotopic (exact) mass is 666 g/mol. The predicted molar refractivity (Wildman–Crippen MR) is 198 cm³/mol. The zero-order valence-corrected chi connectivity index (χ0v) is 29.8. The molecule has 49 heavy (non-hydrogen) atoms. The maximum Gasteiger partial charge on any atom is 0.155 e. The van der Waals surface area contributed by atoms with Gasteiger partial charge in [-0.1, -0.05) is 66.3 Å². The van der Waals surface area contributed by atoms with Crippen molar-refractivity contribution in [2.75, 3.05) is 0 Å². The molecule has 0 amide bonds. The minimum atomic E-state index is 0.284. The van der Waals surface area contributed by atoms with Crippen LogP contribution in [0.15, 0.2) is 65.9 Å². The molecule has 6 bridgehead atoms. The topological polar surface area (TPSA) is 92.8 Å².